The Bertz CT molecular complexity index is 966. The number of alkyl halides is 3. The first kappa shape index (κ1) is 24.2. The topological polar surface area (TPSA) is 77.1 Å². The van der Waals surface area contributed by atoms with Gasteiger partial charge in [-0.1, -0.05) is 18.2 Å². The molecule has 0 spiro atoms. The Morgan fingerprint density at radius 1 is 1.03 bits per heavy atom. The predicted octanol–water partition coefficient (Wildman–Crippen LogP) is 3.77. The highest BCUT2D eigenvalue weighted by Crippen LogP contribution is 2.27. The first-order valence-electron chi connectivity index (χ1n) is 10.3. The predicted molar refractivity (Wildman–Crippen MR) is 113 cm³/mol. The van der Waals surface area contributed by atoms with Crippen molar-refractivity contribution >= 4 is 11.8 Å². The van der Waals surface area contributed by atoms with E-state index >= 15 is 0 Å². The highest BCUT2D eigenvalue weighted by molar-refractivity contribution is 5.95. The second kappa shape index (κ2) is 10.5. The van der Waals surface area contributed by atoms with Crippen molar-refractivity contribution in [3.8, 4) is 17.2 Å². The number of benzene rings is 2. The number of likely N-dealkylation sites (tertiary alicyclic amines) is 1. The maximum absolute atomic E-state index is 12.9. The fraction of sp³-hybridized carbons (Fsp3) is 0.391. The molecule has 1 fully saturated rings. The molecule has 0 aliphatic carbocycles. The van der Waals surface area contributed by atoms with Crippen molar-refractivity contribution in [3.05, 3.63) is 53.6 Å². The van der Waals surface area contributed by atoms with Crippen molar-refractivity contribution in [2.45, 2.75) is 25.7 Å². The fourth-order valence-electron chi connectivity index (χ4n) is 3.66. The van der Waals surface area contributed by atoms with Crippen LogP contribution in [0.2, 0.25) is 0 Å². The molecule has 0 unspecified atom stereocenters. The number of para-hydroxylation sites is 1. The van der Waals surface area contributed by atoms with Gasteiger partial charge in [0.15, 0.2) is 0 Å². The van der Waals surface area contributed by atoms with Crippen molar-refractivity contribution in [2.75, 3.05) is 27.3 Å². The smallest absolute Gasteiger partial charge is 0.497 e. The van der Waals surface area contributed by atoms with Crippen molar-refractivity contribution < 1.29 is 37.0 Å². The molecule has 2 aromatic carbocycles. The number of carbonyl (C=O) groups excluding carboxylic acids is 2. The summed E-state index contributed by atoms with van der Waals surface area (Å²) >= 11 is 0. The highest BCUT2D eigenvalue weighted by atomic mass is 19.4. The van der Waals surface area contributed by atoms with Gasteiger partial charge in [-0.2, -0.15) is 0 Å². The van der Waals surface area contributed by atoms with Crippen LogP contribution < -0.4 is 19.5 Å². The number of ether oxygens (including phenoxy) is 3. The van der Waals surface area contributed by atoms with E-state index in [4.69, 9.17) is 9.47 Å². The van der Waals surface area contributed by atoms with E-state index < -0.39 is 6.36 Å². The first-order valence-corrected chi connectivity index (χ1v) is 10.3. The van der Waals surface area contributed by atoms with Gasteiger partial charge in [-0.3, -0.25) is 9.59 Å². The van der Waals surface area contributed by atoms with Gasteiger partial charge in [-0.25, -0.2) is 0 Å². The number of methoxy groups -OCH3 is 2. The quantitative estimate of drug-likeness (QED) is 0.672. The van der Waals surface area contributed by atoms with Gasteiger partial charge in [0.2, 0.25) is 5.91 Å². The molecule has 0 atom stereocenters. The Balaban J connectivity index is 1.55. The van der Waals surface area contributed by atoms with E-state index in [1.807, 2.05) is 0 Å². The van der Waals surface area contributed by atoms with Gasteiger partial charge in [0.25, 0.3) is 5.91 Å². The molecule has 0 bridgehead atoms. The molecular weight excluding hydrogens is 441 g/mol. The van der Waals surface area contributed by atoms with Crippen molar-refractivity contribution in [3.63, 3.8) is 0 Å². The molecule has 7 nitrogen and oxygen atoms in total. The Morgan fingerprint density at radius 3 is 2.21 bits per heavy atom. The minimum Gasteiger partial charge on any atom is -0.497 e. The van der Waals surface area contributed by atoms with Gasteiger partial charge in [-0.15, -0.1) is 13.2 Å². The van der Waals surface area contributed by atoms with Crippen LogP contribution in [0, 0.1) is 5.92 Å². The van der Waals surface area contributed by atoms with Crippen molar-refractivity contribution in [2.24, 2.45) is 5.92 Å². The molecular formula is C23H25F3N2O5. The number of rotatable bonds is 7. The summed E-state index contributed by atoms with van der Waals surface area (Å²) in [5.41, 5.74) is 0.651. The van der Waals surface area contributed by atoms with Crippen LogP contribution in [0.3, 0.4) is 0 Å². The standard InChI is InChI=1S/C23H25F3N2O5/c1-31-18-11-17(12-19(13-18)32-2)22(30)28-9-7-15(8-10-28)21(29)27-14-16-5-3-4-6-20(16)33-23(24,25)26/h3-6,11-13,15H,7-10,14H2,1-2H3,(H,27,29). The van der Waals surface area contributed by atoms with E-state index in [0.717, 1.165) is 0 Å². The van der Waals surface area contributed by atoms with E-state index in [9.17, 15) is 22.8 Å². The Morgan fingerprint density at radius 2 is 1.64 bits per heavy atom. The van der Waals surface area contributed by atoms with Crippen LogP contribution in [0.1, 0.15) is 28.8 Å². The van der Waals surface area contributed by atoms with Crippen LogP contribution in [0.5, 0.6) is 17.2 Å². The second-order valence-electron chi connectivity index (χ2n) is 7.54. The van der Waals surface area contributed by atoms with Crippen LogP contribution in [-0.2, 0) is 11.3 Å². The molecule has 2 amide bonds. The molecule has 33 heavy (non-hydrogen) atoms. The second-order valence-corrected chi connectivity index (χ2v) is 7.54. The molecule has 2 aromatic rings. The van der Waals surface area contributed by atoms with Crippen LogP contribution in [0.4, 0.5) is 13.2 Å². The van der Waals surface area contributed by atoms with Crippen LogP contribution >= 0.6 is 0 Å². The molecule has 1 N–H and O–H groups in total. The zero-order chi connectivity index (χ0) is 24.0. The van der Waals surface area contributed by atoms with Crippen LogP contribution in [0.15, 0.2) is 42.5 Å². The molecule has 10 heteroatoms. The maximum Gasteiger partial charge on any atom is 0.573 e. The van der Waals surface area contributed by atoms with Gasteiger partial charge >= 0.3 is 6.36 Å². The lowest BCUT2D eigenvalue weighted by atomic mass is 9.95. The summed E-state index contributed by atoms with van der Waals surface area (Å²) in [5, 5.41) is 2.68. The summed E-state index contributed by atoms with van der Waals surface area (Å²) in [7, 11) is 3.00. The third-order valence-corrected chi connectivity index (χ3v) is 5.40. The average Bonchev–Trinajstić information content (AvgIpc) is 2.81. The van der Waals surface area contributed by atoms with Gasteiger partial charge < -0.3 is 24.4 Å². The van der Waals surface area contributed by atoms with Gasteiger partial charge in [0.1, 0.15) is 17.2 Å². The van der Waals surface area contributed by atoms with Crippen molar-refractivity contribution in [1.29, 1.82) is 0 Å². The lowest BCUT2D eigenvalue weighted by Crippen LogP contribution is -2.43. The van der Waals surface area contributed by atoms with Crippen molar-refractivity contribution in [1.82, 2.24) is 10.2 Å². The third-order valence-electron chi connectivity index (χ3n) is 5.40. The zero-order valence-corrected chi connectivity index (χ0v) is 18.3. The number of halogens is 3. The third kappa shape index (κ3) is 6.53. The lowest BCUT2D eigenvalue weighted by Gasteiger charge is -2.31. The molecule has 1 heterocycles. The summed E-state index contributed by atoms with van der Waals surface area (Å²) in [6, 6.07) is 10.6. The Hall–Kier alpha value is -3.43. The number of nitrogens with one attached hydrogen (secondary N) is 1. The summed E-state index contributed by atoms with van der Waals surface area (Å²) in [6.45, 7) is 0.669. The molecule has 1 saturated heterocycles. The molecule has 0 radical (unpaired) electrons. The average molecular weight is 466 g/mol. The largest absolute Gasteiger partial charge is 0.573 e. The number of nitrogens with zero attached hydrogens (tertiary/aromatic N) is 1. The SMILES string of the molecule is COc1cc(OC)cc(C(=O)N2CCC(C(=O)NCc3ccccc3OC(F)(F)F)CC2)c1. The first-order chi connectivity index (χ1) is 15.7. The summed E-state index contributed by atoms with van der Waals surface area (Å²) < 4.78 is 52.1. The maximum atomic E-state index is 12.9. The van der Waals surface area contributed by atoms with Crippen LogP contribution in [0.25, 0.3) is 0 Å². The summed E-state index contributed by atoms with van der Waals surface area (Å²) in [6.07, 6.45) is -3.93. The van der Waals surface area contributed by atoms with E-state index in [-0.39, 0.29) is 35.6 Å². The minimum absolute atomic E-state index is 0.0894. The Kier molecular flexibility index (Phi) is 7.67. The number of piperidine rings is 1. The van der Waals surface area contributed by atoms with E-state index in [1.165, 1.54) is 32.4 Å². The van der Waals surface area contributed by atoms with E-state index in [0.29, 0.717) is 43.0 Å². The molecule has 3 rings (SSSR count). The minimum atomic E-state index is -4.81. The number of amides is 2. The molecule has 1 aliphatic heterocycles. The summed E-state index contributed by atoms with van der Waals surface area (Å²) in [4.78, 5) is 27.1. The van der Waals surface area contributed by atoms with Gasteiger partial charge in [0, 0.05) is 42.7 Å². The van der Waals surface area contributed by atoms with E-state index in [1.54, 1.807) is 29.2 Å². The van der Waals surface area contributed by atoms with E-state index in [2.05, 4.69) is 10.1 Å². The number of carbonyl (C=O) groups is 2. The Labute approximate surface area is 189 Å². The number of hydrogen-bond donors (Lipinski definition) is 1. The highest BCUT2D eigenvalue weighted by Gasteiger charge is 2.32. The zero-order valence-electron chi connectivity index (χ0n) is 18.3. The molecule has 1 aliphatic rings. The number of hydrogen-bond acceptors (Lipinski definition) is 5. The fourth-order valence-corrected chi connectivity index (χ4v) is 3.66. The van der Waals surface area contributed by atoms with Gasteiger partial charge in [-0.05, 0) is 31.0 Å². The molecule has 0 aromatic heterocycles. The van der Waals surface area contributed by atoms with Crippen LogP contribution in [-0.4, -0.2) is 50.4 Å². The van der Waals surface area contributed by atoms with Gasteiger partial charge in [0.05, 0.1) is 14.2 Å². The summed E-state index contributed by atoms with van der Waals surface area (Å²) in [5.74, 6) is -0.149. The molecule has 178 valence electrons. The monoisotopic (exact) mass is 466 g/mol. The lowest BCUT2D eigenvalue weighted by molar-refractivity contribution is -0.274. The normalized spacial score (nSPS) is 14.5. The molecule has 0 saturated carbocycles.